The summed E-state index contributed by atoms with van der Waals surface area (Å²) in [4.78, 5) is 0. The smallest absolute Gasteiger partial charge is 0.180 e. The molecule has 0 bridgehead atoms. The Morgan fingerprint density at radius 1 is 0.200 bits per heavy atom. The van der Waals surface area contributed by atoms with Crippen molar-refractivity contribution in [2.45, 2.75) is 439 Å². The van der Waals surface area contributed by atoms with E-state index in [2.05, 4.69) is 65.8 Å². The molecule has 0 aromatic heterocycles. The Morgan fingerprint density at radius 2 is 0.400 bits per heavy atom. The summed E-state index contributed by atoms with van der Waals surface area (Å²) in [7, 11) is 0. The lowest BCUT2D eigenvalue weighted by Gasteiger charge is -2.21. The molecule has 0 rings (SSSR count). The fourth-order valence-corrected chi connectivity index (χ4v) is 11.4. The van der Waals surface area contributed by atoms with Gasteiger partial charge in [0.25, 0.3) is 0 Å². The topological polar surface area (TPSA) is 64.6 Å². The van der Waals surface area contributed by atoms with E-state index in [1.165, 1.54) is 321 Å². The molecule has 0 spiro atoms. The highest BCUT2D eigenvalue weighted by atomic mass is 16.8. The highest BCUT2D eigenvalue weighted by molar-refractivity contribution is 4.90. The van der Waals surface area contributed by atoms with Gasteiger partial charge in [-0.1, -0.05) is 336 Å². The van der Waals surface area contributed by atoms with Gasteiger partial charge in [0, 0.05) is 26.4 Å². The molecule has 0 aromatic carbocycles. The number of ether oxygens (including phenoxy) is 7. The highest BCUT2D eigenvalue weighted by Gasteiger charge is 2.15. The first-order valence-corrected chi connectivity index (χ1v) is 38.8. The molecule has 85 heavy (non-hydrogen) atoms. The van der Waals surface area contributed by atoms with Crippen LogP contribution in [-0.4, -0.2) is 64.8 Å². The van der Waals surface area contributed by atoms with Crippen molar-refractivity contribution in [2.24, 2.45) is 0 Å². The van der Waals surface area contributed by atoms with Crippen LogP contribution >= 0.6 is 0 Å². The molecule has 0 amide bonds. The standard InChI is InChI=1S/C78H154O7/c1-7-13-19-23-27-45-53-61-71-79-75(80-72-62-54-46-28-24-20-14-8-2)65-57-49-41-37-33-31-35-39-43-51-59-67-77(83-69-17-11-5)85-78(84-70-18-12-6)68-60-52-44-40-36-32-34-38-42-50-58-66-76(81-73-63-55-47-29-25-21-15-9-3)82-74-64-56-48-30-26-22-16-10-4/h59-60,67-68,75-78H,7-58,61-66,69-74H2,1-6H3. The maximum absolute atomic E-state index is 6.49. The third-order valence-corrected chi connectivity index (χ3v) is 17.2. The van der Waals surface area contributed by atoms with E-state index >= 15 is 0 Å². The second kappa shape index (κ2) is 75.7. The van der Waals surface area contributed by atoms with Crippen LogP contribution in [0.2, 0.25) is 0 Å². The summed E-state index contributed by atoms with van der Waals surface area (Å²) in [5, 5.41) is 0. The van der Waals surface area contributed by atoms with Gasteiger partial charge in [-0.05, 0) is 102 Å². The van der Waals surface area contributed by atoms with E-state index in [9.17, 15) is 0 Å². The van der Waals surface area contributed by atoms with Crippen molar-refractivity contribution in [3.05, 3.63) is 24.3 Å². The van der Waals surface area contributed by atoms with Gasteiger partial charge >= 0.3 is 0 Å². The molecule has 0 saturated heterocycles. The van der Waals surface area contributed by atoms with Crippen LogP contribution in [0.15, 0.2) is 24.3 Å². The Hall–Kier alpha value is -0.800. The zero-order valence-corrected chi connectivity index (χ0v) is 58.7. The lowest BCUT2D eigenvalue weighted by atomic mass is 10.1. The summed E-state index contributed by atoms with van der Waals surface area (Å²) in [6.07, 6.45) is 82.9. The van der Waals surface area contributed by atoms with Gasteiger partial charge in [-0.2, -0.15) is 0 Å². The first kappa shape index (κ1) is 84.2. The lowest BCUT2D eigenvalue weighted by molar-refractivity contribution is -0.208. The second-order valence-electron chi connectivity index (χ2n) is 25.9. The van der Waals surface area contributed by atoms with Crippen LogP contribution in [-0.2, 0) is 33.2 Å². The van der Waals surface area contributed by atoms with Crippen molar-refractivity contribution in [1.29, 1.82) is 0 Å². The maximum Gasteiger partial charge on any atom is 0.180 e. The van der Waals surface area contributed by atoms with E-state index in [0.717, 1.165) is 77.8 Å². The number of allylic oxidation sites excluding steroid dienone is 2. The van der Waals surface area contributed by atoms with E-state index in [-0.39, 0.29) is 25.2 Å². The van der Waals surface area contributed by atoms with Crippen molar-refractivity contribution >= 4 is 0 Å². The van der Waals surface area contributed by atoms with Gasteiger partial charge in [0.15, 0.2) is 25.2 Å². The van der Waals surface area contributed by atoms with Crippen molar-refractivity contribution in [2.75, 3.05) is 39.6 Å². The van der Waals surface area contributed by atoms with Crippen LogP contribution in [0.4, 0.5) is 0 Å². The molecule has 0 fully saturated rings. The number of rotatable bonds is 76. The molecule has 508 valence electrons. The van der Waals surface area contributed by atoms with Crippen molar-refractivity contribution in [1.82, 2.24) is 0 Å². The van der Waals surface area contributed by atoms with Crippen molar-refractivity contribution < 1.29 is 33.2 Å². The second-order valence-corrected chi connectivity index (χ2v) is 25.9. The molecular formula is C78H154O7. The van der Waals surface area contributed by atoms with Gasteiger partial charge in [-0.25, -0.2) is 0 Å². The first-order chi connectivity index (χ1) is 42.1. The summed E-state index contributed by atoms with van der Waals surface area (Å²) in [5.41, 5.74) is 0. The molecule has 0 saturated carbocycles. The zero-order valence-electron chi connectivity index (χ0n) is 58.7. The molecule has 0 aliphatic rings. The minimum atomic E-state index is -0.377. The van der Waals surface area contributed by atoms with E-state index in [4.69, 9.17) is 33.2 Å². The van der Waals surface area contributed by atoms with Crippen LogP contribution in [0.3, 0.4) is 0 Å². The largest absolute Gasteiger partial charge is 0.353 e. The third kappa shape index (κ3) is 68.9. The predicted molar refractivity (Wildman–Crippen MR) is 372 cm³/mol. The van der Waals surface area contributed by atoms with Crippen LogP contribution in [0, 0.1) is 0 Å². The average molecular weight is 1200 g/mol. The van der Waals surface area contributed by atoms with Crippen molar-refractivity contribution in [3.63, 3.8) is 0 Å². The monoisotopic (exact) mass is 1200 g/mol. The van der Waals surface area contributed by atoms with Crippen LogP contribution in [0.25, 0.3) is 0 Å². The quantitative estimate of drug-likeness (QED) is 0.0341. The molecule has 0 aliphatic heterocycles. The lowest BCUT2D eigenvalue weighted by Crippen LogP contribution is -2.25. The van der Waals surface area contributed by atoms with Crippen LogP contribution in [0.1, 0.15) is 414 Å². The fourth-order valence-electron chi connectivity index (χ4n) is 11.4. The molecule has 2 atom stereocenters. The minimum Gasteiger partial charge on any atom is -0.353 e. The summed E-state index contributed by atoms with van der Waals surface area (Å²) in [6.45, 7) is 18.5. The molecular weight excluding hydrogens is 1050 g/mol. The molecule has 0 N–H and O–H groups in total. The van der Waals surface area contributed by atoms with Gasteiger partial charge in [0.2, 0.25) is 0 Å². The Bertz CT molecular complexity index is 1110. The summed E-state index contributed by atoms with van der Waals surface area (Å²) in [6, 6.07) is 0. The van der Waals surface area contributed by atoms with Gasteiger partial charge in [0.1, 0.15) is 0 Å². The number of hydrogen-bond donors (Lipinski definition) is 0. The van der Waals surface area contributed by atoms with E-state index < -0.39 is 0 Å². The van der Waals surface area contributed by atoms with Crippen LogP contribution < -0.4 is 0 Å². The summed E-state index contributed by atoms with van der Waals surface area (Å²) in [5.74, 6) is 0. The zero-order chi connectivity index (χ0) is 61.3. The first-order valence-electron chi connectivity index (χ1n) is 38.8. The van der Waals surface area contributed by atoms with Crippen molar-refractivity contribution in [3.8, 4) is 0 Å². The minimum absolute atomic E-state index is 0.00711. The Morgan fingerprint density at radius 3 is 0.647 bits per heavy atom. The molecule has 2 unspecified atom stereocenters. The summed E-state index contributed by atoms with van der Waals surface area (Å²) < 4.78 is 44.4. The molecule has 0 heterocycles. The highest BCUT2D eigenvalue weighted by Crippen LogP contribution is 2.20. The molecule has 0 aromatic rings. The van der Waals surface area contributed by atoms with E-state index in [1.807, 2.05) is 0 Å². The molecule has 7 heteroatoms. The van der Waals surface area contributed by atoms with Gasteiger partial charge in [-0.15, -0.1) is 0 Å². The fraction of sp³-hybridized carbons (Fsp3) is 0.949. The van der Waals surface area contributed by atoms with E-state index in [0.29, 0.717) is 13.2 Å². The Balaban J connectivity index is 4.53. The normalized spacial score (nSPS) is 12.9. The summed E-state index contributed by atoms with van der Waals surface area (Å²) >= 11 is 0. The van der Waals surface area contributed by atoms with Gasteiger partial charge < -0.3 is 33.2 Å². The number of hydrogen-bond acceptors (Lipinski definition) is 7. The third-order valence-electron chi connectivity index (χ3n) is 17.2. The average Bonchev–Trinajstić information content (AvgIpc) is 3.54. The Labute approximate surface area is 533 Å². The Kier molecular flexibility index (Phi) is 74.9. The molecule has 7 nitrogen and oxygen atoms in total. The van der Waals surface area contributed by atoms with Crippen LogP contribution in [0.5, 0.6) is 0 Å². The predicted octanol–water partition coefficient (Wildman–Crippen LogP) is 26.3. The number of unbranched alkanes of at least 4 members (excludes halogenated alkanes) is 48. The van der Waals surface area contributed by atoms with Gasteiger partial charge in [-0.3, -0.25) is 0 Å². The molecule has 0 aliphatic carbocycles. The van der Waals surface area contributed by atoms with Gasteiger partial charge in [0.05, 0.1) is 13.2 Å². The SMILES string of the molecule is CCCCCCCCCCOC(CCCCCCCCCCCC=CC(OCCCC)OC(C=CCCCCCCCCCCCC(OCCCCCCCCCC)OCCCCCCCCCC)OCCCC)OCCCCCCCCCC. The maximum atomic E-state index is 6.49. The van der Waals surface area contributed by atoms with E-state index in [1.54, 1.807) is 0 Å². The molecule has 0 radical (unpaired) electrons.